The van der Waals surface area contributed by atoms with Crippen LogP contribution < -0.4 is 4.74 Å². The lowest BCUT2D eigenvalue weighted by Crippen LogP contribution is -2.14. The van der Waals surface area contributed by atoms with Gasteiger partial charge in [-0.3, -0.25) is 0 Å². The first-order valence-corrected chi connectivity index (χ1v) is 7.38. The zero-order valence-electron chi connectivity index (χ0n) is 12.6. The maximum atomic E-state index is 9.16. The molecule has 1 heterocycles. The fraction of sp³-hybridized carbons (Fsp3) is 0.353. The van der Waals surface area contributed by atoms with E-state index in [0.717, 1.165) is 6.42 Å². The van der Waals surface area contributed by atoms with Gasteiger partial charge in [-0.05, 0) is 35.6 Å². The molecule has 0 saturated heterocycles. The van der Waals surface area contributed by atoms with Crippen LogP contribution in [0.5, 0.6) is 11.6 Å². The average Bonchev–Trinajstić information content (AvgIpc) is 2.49. The number of halogens is 1. The van der Waals surface area contributed by atoms with E-state index < -0.39 is 0 Å². The zero-order valence-corrected chi connectivity index (χ0v) is 13.3. The van der Waals surface area contributed by atoms with Gasteiger partial charge in [0.2, 0.25) is 5.88 Å². The van der Waals surface area contributed by atoms with Crippen molar-refractivity contribution < 1.29 is 9.84 Å². The van der Waals surface area contributed by atoms with Crippen molar-refractivity contribution >= 4 is 11.6 Å². The minimum absolute atomic E-state index is 0.154. The largest absolute Gasteiger partial charge is 0.439 e. The molecule has 1 aromatic heterocycles. The second-order valence-corrected chi connectivity index (χ2v) is 6.01. The molecule has 0 aliphatic rings. The lowest BCUT2D eigenvalue weighted by molar-refractivity contribution is 0.275. The van der Waals surface area contributed by atoms with Crippen LogP contribution in [0.2, 0.25) is 5.02 Å². The van der Waals surface area contributed by atoms with E-state index in [2.05, 4.69) is 37.9 Å². The highest BCUT2D eigenvalue weighted by Gasteiger charge is 2.17. The first-order chi connectivity index (χ1) is 9.96. The van der Waals surface area contributed by atoms with Gasteiger partial charge in [-0.1, -0.05) is 44.5 Å². The summed E-state index contributed by atoms with van der Waals surface area (Å²) in [4.78, 5) is 4.17. The third-order valence-electron chi connectivity index (χ3n) is 3.78. The quantitative estimate of drug-likeness (QED) is 0.870. The van der Waals surface area contributed by atoms with Crippen molar-refractivity contribution in [2.75, 3.05) is 0 Å². The molecule has 21 heavy (non-hydrogen) atoms. The minimum atomic E-state index is -0.209. The highest BCUT2D eigenvalue weighted by molar-refractivity contribution is 6.31. The third kappa shape index (κ3) is 3.74. The number of hydrogen-bond acceptors (Lipinski definition) is 3. The molecule has 0 fully saturated rings. The standard InChI is InChI=1S/C17H20ClNO2/c1-4-17(2,3)12-5-7-13(8-6-12)21-16-10-9-14(18)15(11-20)19-16/h5-10,20H,4,11H2,1-3H3. The Balaban J connectivity index is 2.17. The van der Waals surface area contributed by atoms with Gasteiger partial charge in [-0.2, -0.15) is 0 Å². The minimum Gasteiger partial charge on any atom is -0.439 e. The van der Waals surface area contributed by atoms with Crippen LogP contribution in [-0.2, 0) is 12.0 Å². The Bertz CT molecular complexity index is 609. The summed E-state index contributed by atoms with van der Waals surface area (Å²) in [5.41, 5.74) is 1.84. The number of aromatic nitrogens is 1. The lowest BCUT2D eigenvalue weighted by atomic mass is 9.82. The smallest absolute Gasteiger partial charge is 0.219 e. The summed E-state index contributed by atoms with van der Waals surface area (Å²) in [5, 5.41) is 9.59. The van der Waals surface area contributed by atoms with Crippen LogP contribution in [0.25, 0.3) is 0 Å². The summed E-state index contributed by atoms with van der Waals surface area (Å²) in [7, 11) is 0. The van der Waals surface area contributed by atoms with Crippen LogP contribution in [0.3, 0.4) is 0 Å². The molecule has 0 amide bonds. The Morgan fingerprint density at radius 2 is 1.81 bits per heavy atom. The normalized spacial score (nSPS) is 11.5. The van der Waals surface area contributed by atoms with Gasteiger partial charge in [-0.15, -0.1) is 0 Å². The summed E-state index contributed by atoms with van der Waals surface area (Å²) in [5.74, 6) is 1.13. The van der Waals surface area contributed by atoms with Crippen molar-refractivity contribution in [3.8, 4) is 11.6 Å². The first kappa shape index (κ1) is 15.8. The summed E-state index contributed by atoms with van der Waals surface area (Å²) in [6.45, 7) is 6.41. The molecule has 0 atom stereocenters. The molecular weight excluding hydrogens is 286 g/mol. The average molecular weight is 306 g/mol. The van der Waals surface area contributed by atoms with Crippen LogP contribution in [0.15, 0.2) is 36.4 Å². The van der Waals surface area contributed by atoms with E-state index in [1.54, 1.807) is 12.1 Å². The van der Waals surface area contributed by atoms with Crippen LogP contribution >= 0.6 is 11.6 Å². The van der Waals surface area contributed by atoms with Crippen molar-refractivity contribution in [3.63, 3.8) is 0 Å². The van der Waals surface area contributed by atoms with Gasteiger partial charge < -0.3 is 9.84 Å². The van der Waals surface area contributed by atoms with Crippen molar-refractivity contribution in [1.29, 1.82) is 0 Å². The summed E-state index contributed by atoms with van der Waals surface area (Å²) >= 11 is 5.91. The van der Waals surface area contributed by atoms with E-state index in [1.807, 2.05) is 12.1 Å². The Kier molecular flexibility index (Phi) is 4.86. The van der Waals surface area contributed by atoms with E-state index in [4.69, 9.17) is 21.4 Å². The molecule has 0 unspecified atom stereocenters. The van der Waals surface area contributed by atoms with Crippen molar-refractivity contribution in [2.45, 2.75) is 39.2 Å². The molecule has 2 aromatic rings. The maximum Gasteiger partial charge on any atom is 0.219 e. The molecule has 1 aromatic carbocycles. The molecule has 0 spiro atoms. The Labute approximate surface area is 130 Å². The first-order valence-electron chi connectivity index (χ1n) is 7.01. The van der Waals surface area contributed by atoms with Crippen molar-refractivity contribution in [1.82, 2.24) is 4.98 Å². The van der Waals surface area contributed by atoms with Crippen LogP contribution in [0.1, 0.15) is 38.4 Å². The molecular formula is C17H20ClNO2. The molecule has 0 bridgehead atoms. The molecule has 4 heteroatoms. The van der Waals surface area contributed by atoms with Gasteiger partial charge in [0.1, 0.15) is 5.75 Å². The van der Waals surface area contributed by atoms with Gasteiger partial charge in [0.25, 0.3) is 0 Å². The second-order valence-electron chi connectivity index (χ2n) is 5.60. The predicted molar refractivity (Wildman–Crippen MR) is 85.0 cm³/mol. The fourth-order valence-corrected chi connectivity index (χ4v) is 2.10. The number of hydrogen-bond donors (Lipinski definition) is 1. The zero-order chi connectivity index (χ0) is 15.5. The highest BCUT2D eigenvalue weighted by Crippen LogP contribution is 2.29. The molecule has 1 N–H and O–H groups in total. The number of aliphatic hydroxyl groups excluding tert-OH is 1. The van der Waals surface area contributed by atoms with Gasteiger partial charge in [-0.25, -0.2) is 4.98 Å². The molecule has 0 aliphatic carbocycles. The summed E-state index contributed by atoms with van der Waals surface area (Å²) in [6, 6.07) is 11.4. The fourth-order valence-electron chi connectivity index (χ4n) is 1.93. The maximum absolute atomic E-state index is 9.16. The lowest BCUT2D eigenvalue weighted by Gasteiger charge is -2.23. The number of nitrogens with zero attached hydrogens (tertiary/aromatic N) is 1. The van der Waals surface area contributed by atoms with Crippen LogP contribution in [0.4, 0.5) is 0 Å². The summed E-state index contributed by atoms with van der Waals surface area (Å²) in [6.07, 6.45) is 1.08. The number of aliphatic hydroxyl groups is 1. The van der Waals surface area contributed by atoms with Gasteiger partial charge >= 0.3 is 0 Å². The predicted octanol–water partition coefficient (Wildman–Crippen LogP) is 4.71. The molecule has 112 valence electrons. The number of benzene rings is 1. The third-order valence-corrected chi connectivity index (χ3v) is 4.13. The SMILES string of the molecule is CCC(C)(C)c1ccc(Oc2ccc(Cl)c(CO)n2)cc1. The van der Waals surface area contributed by atoms with Crippen LogP contribution in [0, 0.1) is 0 Å². The number of rotatable bonds is 5. The van der Waals surface area contributed by atoms with E-state index in [0.29, 0.717) is 22.3 Å². The van der Waals surface area contributed by atoms with E-state index in [-0.39, 0.29) is 12.0 Å². The topological polar surface area (TPSA) is 42.4 Å². The van der Waals surface area contributed by atoms with E-state index in [9.17, 15) is 0 Å². The Morgan fingerprint density at radius 3 is 2.38 bits per heavy atom. The van der Waals surface area contributed by atoms with Gasteiger partial charge in [0, 0.05) is 6.07 Å². The molecule has 2 rings (SSSR count). The number of ether oxygens (including phenoxy) is 1. The van der Waals surface area contributed by atoms with Crippen LogP contribution in [-0.4, -0.2) is 10.1 Å². The monoisotopic (exact) mass is 305 g/mol. The molecule has 0 saturated carbocycles. The molecule has 3 nitrogen and oxygen atoms in total. The Morgan fingerprint density at radius 1 is 1.14 bits per heavy atom. The molecule has 0 radical (unpaired) electrons. The number of pyridine rings is 1. The Hall–Kier alpha value is -1.58. The van der Waals surface area contributed by atoms with Crippen molar-refractivity contribution in [2.24, 2.45) is 0 Å². The van der Waals surface area contributed by atoms with E-state index >= 15 is 0 Å². The van der Waals surface area contributed by atoms with Gasteiger partial charge in [0.05, 0.1) is 17.3 Å². The summed E-state index contributed by atoms with van der Waals surface area (Å²) < 4.78 is 5.70. The highest BCUT2D eigenvalue weighted by atomic mass is 35.5. The molecule has 0 aliphatic heterocycles. The second kappa shape index (κ2) is 6.46. The van der Waals surface area contributed by atoms with Gasteiger partial charge in [0.15, 0.2) is 0 Å². The van der Waals surface area contributed by atoms with E-state index in [1.165, 1.54) is 5.56 Å². The van der Waals surface area contributed by atoms with Crippen molar-refractivity contribution in [3.05, 3.63) is 52.7 Å².